The van der Waals surface area contributed by atoms with E-state index in [9.17, 15) is 47.9 Å². The maximum Gasteiger partial charge on any atom is 0.329 e. The summed E-state index contributed by atoms with van der Waals surface area (Å²) in [6.45, 7) is 44.9. The van der Waals surface area contributed by atoms with E-state index in [-0.39, 0.29) is 90.9 Å². The molecule has 0 aliphatic carbocycles. The average Bonchev–Trinajstić information content (AvgIpc) is 0.874. The second kappa shape index (κ2) is 68.9. The summed E-state index contributed by atoms with van der Waals surface area (Å²) in [4.78, 5) is 129. The van der Waals surface area contributed by atoms with Crippen LogP contribution in [-0.2, 0) is 143 Å². The molecule has 0 aliphatic rings. The molecule has 0 heterocycles. The van der Waals surface area contributed by atoms with E-state index >= 15 is 0 Å². The van der Waals surface area contributed by atoms with Crippen LogP contribution >= 0.6 is 0 Å². The first kappa shape index (κ1) is 115. The predicted octanol–water partition coefficient (Wildman–Crippen LogP) is 4.32. The van der Waals surface area contributed by atoms with Gasteiger partial charge in [-0.05, 0) is 150 Å². The third-order valence-corrected chi connectivity index (χ3v) is 14.6. The second-order valence-corrected chi connectivity index (χ2v) is 33.2. The van der Waals surface area contributed by atoms with Crippen molar-refractivity contribution in [3.05, 3.63) is 0 Å². The quantitative estimate of drug-likeness (QED) is 0.0253. The molecule has 0 radical (unpaired) electrons. The van der Waals surface area contributed by atoms with Gasteiger partial charge in [-0.25, -0.2) is 28.8 Å². The number of amides is 6. The maximum absolute atomic E-state index is 13.2. The zero-order chi connectivity index (χ0) is 90.7. The number of carbonyl (C=O) groups is 10. The van der Waals surface area contributed by atoms with Crippen LogP contribution in [0.1, 0.15) is 176 Å². The highest BCUT2D eigenvalue weighted by Crippen LogP contribution is 2.18. The number of hydrogen-bond donors (Lipinski definition) is 7. The van der Waals surface area contributed by atoms with Gasteiger partial charge in [-0.1, -0.05) is 0 Å². The van der Waals surface area contributed by atoms with Crippen LogP contribution in [0.15, 0.2) is 0 Å². The molecule has 0 bridgehead atoms. The summed E-state index contributed by atoms with van der Waals surface area (Å²) in [6, 6.07) is -6.79. The number of nitrogens with one attached hydrogen (secondary N) is 7. The van der Waals surface area contributed by atoms with Crippen LogP contribution in [0.25, 0.3) is 0 Å². The van der Waals surface area contributed by atoms with Gasteiger partial charge in [-0.3, -0.25) is 19.2 Å². The van der Waals surface area contributed by atoms with E-state index in [2.05, 4.69) is 37.2 Å². The smallest absolute Gasteiger partial charge is 0.329 e. The molecule has 0 aromatic heterocycles. The van der Waals surface area contributed by atoms with Gasteiger partial charge in [0.2, 0.25) is 11.8 Å². The topological polar surface area (TPSA) is 458 Å². The fourth-order valence-electron chi connectivity index (χ4n) is 9.46. The number of carbonyl (C=O) groups excluding carboxylic acids is 10. The van der Waals surface area contributed by atoms with E-state index in [0.29, 0.717) is 198 Å². The second-order valence-electron chi connectivity index (χ2n) is 33.2. The van der Waals surface area contributed by atoms with E-state index in [0.717, 1.165) is 0 Å². The molecule has 708 valence electrons. The number of ether oxygens (including phenoxy) is 22. The largest absolute Gasteiger partial charge is 0.460 e. The van der Waals surface area contributed by atoms with Crippen molar-refractivity contribution in [3.8, 4) is 0 Å². The Balaban J connectivity index is 3.75. The summed E-state index contributed by atoms with van der Waals surface area (Å²) in [6.07, 6.45) is -1.14. The van der Waals surface area contributed by atoms with Crippen molar-refractivity contribution in [2.75, 3.05) is 238 Å². The minimum atomic E-state index is -1.25. The molecule has 0 saturated carbocycles. The van der Waals surface area contributed by atoms with Gasteiger partial charge < -0.3 is 141 Å². The molecule has 0 rings (SSSR count). The molecule has 6 amide bonds. The zero-order valence-corrected chi connectivity index (χ0v) is 76.0. The monoisotopic (exact) mass is 1750 g/mol. The first-order valence-electron chi connectivity index (χ1n) is 42.0. The Morgan fingerprint density at radius 2 is 0.364 bits per heavy atom. The van der Waals surface area contributed by atoms with Crippen LogP contribution < -0.4 is 37.2 Å². The van der Waals surface area contributed by atoms with Crippen molar-refractivity contribution in [1.82, 2.24) is 37.2 Å². The Bertz CT molecular complexity index is 2570. The van der Waals surface area contributed by atoms with E-state index in [1.807, 2.05) is 0 Å². The Labute approximate surface area is 717 Å². The maximum atomic E-state index is 13.2. The molecule has 4 atom stereocenters. The van der Waals surface area contributed by atoms with Gasteiger partial charge >= 0.3 is 47.9 Å². The Hall–Kier alpha value is -6.38. The fourth-order valence-corrected chi connectivity index (χ4v) is 9.46. The molecule has 0 aromatic rings. The third kappa shape index (κ3) is 79.3. The molecule has 0 unspecified atom stereocenters. The number of hydrogen-bond acceptors (Lipinski definition) is 33. The van der Waals surface area contributed by atoms with Crippen molar-refractivity contribution in [2.45, 2.75) is 234 Å². The minimum Gasteiger partial charge on any atom is -0.460 e. The predicted molar refractivity (Wildman–Crippen MR) is 442 cm³/mol. The van der Waals surface area contributed by atoms with Crippen molar-refractivity contribution < 1.29 is 152 Å². The lowest BCUT2D eigenvalue weighted by Crippen LogP contribution is -2.53. The Morgan fingerprint density at radius 3 is 0.537 bits per heavy atom. The normalized spacial score (nSPS) is 13.1. The number of esters is 6. The lowest BCUT2D eigenvalue weighted by Gasteiger charge is -2.27. The molecule has 0 saturated heterocycles. The molecule has 39 nitrogen and oxygen atoms in total. The van der Waals surface area contributed by atoms with Crippen molar-refractivity contribution in [2.24, 2.45) is 0 Å². The van der Waals surface area contributed by atoms with Crippen LogP contribution in [0.5, 0.6) is 0 Å². The van der Waals surface area contributed by atoms with Gasteiger partial charge in [0.1, 0.15) is 57.8 Å². The van der Waals surface area contributed by atoms with E-state index in [1.165, 1.54) is 0 Å². The Morgan fingerprint density at radius 1 is 0.207 bits per heavy atom. The Kier molecular flexibility index (Phi) is 65.3. The molecule has 0 aliphatic heterocycles. The van der Waals surface area contributed by atoms with E-state index in [4.69, 9.17) is 104 Å². The molecule has 39 heteroatoms. The molecular formula is C82H153N7O32. The van der Waals surface area contributed by atoms with Gasteiger partial charge in [0.25, 0.3) is 0 Å². The molecule has 7 N–H and O–H groups in total. The molecule has 121 heavy (non-hydrogen) atoms. The summed E-state index contributed by atoms with van der Waals surface area (Å²) in [5, 5.41) is 18.7. The van der Waals surface area contributed by atoms with Gasteiger partial charge in [0.15, 0.2) is 0 Å². The highest BCUT2D eigenvalue weighted by Gasteiger charge is 2.35. The molecular weight excluding hydrogens is 1590 g/mol. The van der Waals surface area contributed by atoms with E-state index < -0.39 is 117 Å². The minimum absolute atomic E-state index is 0.112. The zero-order valence-electron chi connectivity index (χ0n) is 76.0. The summed E-state index contributed by atoms with van der Waals surface area (Å²) in [5.41, 5.74) is -5.07. The van der Waals surface area contributed by atoms with Gasteiger partial charge in [-0.2, -0.15) is 0 Å². The fraction of sp³-hybridized carbons (Fsp3) is 0.878. The third-order valence-electron chi connectivity index (χ3n) is 14.6. The summed E-state index contributed by atoms with van der Waals surface area (Å²) < 4.78 is 121. The highest BCUT2D eigenvalue weighted by atomic mass is 16.6. The summed E-state index contributed by atoms with van der Waals surface area (Å²) >= 11 is 0. The number of rotatable bonds is 74. The van der Waals surface area contributed by atoms with E-state index in [1.54, 1.807) is 125 Å². The highest BCUT2D eigenvalue weighted by molar-refractivity contribution is 5.89. The average molecular weight is 1750 g/mol. The summed E-state index contributed by atoms with van der Waals surface area (Å²) in [5.74, 6) is -5.03. The van der Waals surface area contributed by atoms with Crippen LogP contribution in [-0.4, -0.2) is 355 Å². The molecule has 0 spiro atoms. The van der Waals surface area contributed by atoms with Crippen molar-refractivity contribution >= 4 is 59.7 Å². The lowest BCUT2D eigenvalue weighted by molar-refractivity contribution is -0.160. The van der Waals surface area contributed by atoms with Crippen LogP contribution in [0.3, 0.4) is 0 Å². The first-order chi connectivity index (χ1) is 57.0. The molecule has 0 aromatic carbocycles. The van der Waals surface area contributed by atoms with Crippen molar-refractivity contribution in [3.63, 3.8) is 0 Å². The lowest BCUT2D eigenvalue weighted by atomic mass is 10.1. The van der Waals surface area contributed by atoms with Crippen molar-refractivity contribution in [1.29, 1.82) is 0 Å². The first-order valence-corrected chi connectivity index (χ1v) is 42.0. The standard InChI is InChI=1S/C82H153N7O32/c1-77(2,3)116-69(92)25-21-65(73(96)120-81(13,14)15)88-75(98)86-63(71(94)118-79(7,8)9)19-23-67(90)84-29-33-102-37-41-106-45-49-110-53-57-114-61-59-112-55-51-108-47-43-104-39-35-100-31-27-83-28-32-101-36-40-105-44-48-109-52-56-113-60-62-115-58-54-111-50-46-107-42-38-103-34-30-85-68(91)24-20-64(72(95)119-80(10,11)12)87-76(99)89-66(74(97)121-82(16,17)18)22-26-70(93)117-78(4,5)6/h63-66,83H,19-62H2,1-18H3,(H,84,90)(H,85,91)(H2,86,88,98)(H2,87,89,99)/t63-,64-,65-,66-/m0/s1. The van der Waals surface area contributed by atoms with Crippen LogP contribution in [0.2, 0.25) is 0 Å². The van der Waals surface area contributed by atoms with Gasteiger partial charge in [0.05, 0.1) is 211 Å². The number of urea groups is 2. The summed E-state index contributed by atoms with van der Waals surface area (Å²) in [7, 11) is 0. The van der Waals surface area contributed by atoms with Gasteiger partial charge in [0, 0.05) is 51.9 Å². The van der Waals surface area contributed by atoms with Gasteiger partial charge in [-0.15, -0.1) is 0 Å². The van der Waals surface area contributed by atoms with Crippen LogP contribution in [0.4, 0.5) is 9.59 Å². The SMILES string of the molecule is CC(C)(C)OC(=O)CC[C@H](NC(=O)N[C@@H](CCC(=O)NCCOCCOCCOCCOCCOCCOCCOCCOCCNCCOCCOCCOCCOCCOCCOCCOCCOCCNC(=O)CC[C@H](NC(=O)N[C@@H](CCC(=O)OC(C)(C)C)C(=O)OC(C)(C)C)C(=O)OC(C)(C)C)C(=O)OC(C)(C)C)C(=O)OC(C)(C)C. The van der Waals surface area contributed by atoms with Crippen LogP contribution in [0, 0.1) is 0 Å². The molecule has 0 fully saturated rings.